The minimum absolute atomic E-state index is 0.0100. The molecular weight excluding hydrogens is 375 g/mol. The van der Waals surface area contributed by atoms with Crippen molar-refractivity contribution in [3.8, 4) is 5.75 Å². The molecule has 2 atom stereocenters. The summed E-state index contributed by atoms with van der Waals surface area (Å²) in [5.41, 5.74) is -1.15. The highest BCUT2D eigenvalue weighted by atomic mass is 19.4. The molecule has 5 nitrogen and oxygen atoms in total. The normalized spacial score (nSPS) is 24.7. The van der Waals surface area contributed by atoms with Crippen molar-refractivity contribution in [3.63, 3.8) is 0 Å². The lowest BCUT2D eigenvalue weighted by atomic mass is 9.74. The predicted molar refractivity (Wildman–Crippen MR) is 94.2 cm³/mol. The molecule has 1 aromatic rings. The van der Waals surface area contributed by atoms with E-state index in [9.17, 15) is 22.8 Å². The number of fused-ring (bicyclic) bond motifs is 1. The Balaban J connectivity index is 1.82. The van der Waals surface area contributed by atoms with E-state index in [1.165, 1.54) is 17.9 Å². The van der Waals surface area contributed by atoms with Gasteiger partial charge in [-0.25, -0.2) is 0 Å². The first-order valence-corrected chi connectivity index (χ1v) is 9.32. The van der Waals surface area contributed by atoms with Crippen LogP contribution >= 0.6 is 0 Å². The van der Waals surface area contributed by atoms with Gasteiger partial charge >= 0.3 is 12.1 Å². The van der Waals surface area contributed by atoms with Gasteiger partial charge in [-0.2, -0.15) is 13.2 Å². The maximum atomic E-state index is 13.4. The Kier molecular flexibility index (Phi) is 5.34. The van der Waals surface area contributed by atoms with Crippen LogP contribution in [0.5, 0.6) is 5.75 Å². The topological polar surface area (TPSA) is 55.8 Å². The number of rotatable bonds is 3. The number of carbonyl (C=O) groups excluding carboxylic acids is 2. The maximum absolute atomic E-state index is 13.4. The zero-order valence-electron chi connectivity index (χ0n) is 16.1. The van der Waals surface area contributed by atoms with Crippen molar-refractivity contribution >= 4 is 11.9 Å². The van der Waals surface area contributed by atoms with E-state index < -0.39 is 17.2 Å². The second kappa shape index (κ2) is 7.29. The average molecular weight is 399 g/mol. The van der Waals surface area contributed by atoms with Gasteiger partial charge in [0.15, 0.2) is 6.73 Å². The monoisotopic (exact) mass is 399 g/mol. The van der Waals surface area contributed by atoms with Gasteiger partial charge in [0.1, 0.15) is 11.9 Å². The minimum Gasteiger partial charge on any atom is -0.473 e. The molecule has 0 N–H and O–H groups in total. The third-order valence-electron chi connectivity index (χ3n) is 5.78. The first-order chi connectivity index (χ1) is 13.0. The molecule has 2 unspecified atom stereocenters. The molecule has 8 heteroatoms. The number of amides is 1. The van der Waals surface area contributed by atoms with Gasteiger partial charge in [0.05, 0.1) is 17.5 Å². The van der Waals surface area contributed by atoms with Crippen LogP contribution in [-0.2, 0) is 27.0 Å². The number of halogens is 3. The molecule has 0 aromatic heterocycles. The molecule has 3 rings (SSSR count). The molecular formula is C20H24F3NO4. The number of ether oxygens (including phenoxy) is 2. The van der Waals surface area contributed by atoms with Crippen LogP contribution in [0.25, 0.3) is 0 Å². The number of benzene rings is 1. The summed E-state index contributed by atoms with van der Waals surface area (Å²) in [4.78, 5) is 26.1. The molecule has 1 amide bonds. The molecule has 0 bridgehead atoms. The number of carbonyl (C=O) groups is 2. The third-order valence-corrected chi connectivity index (χ3v) is 5.78. The van der Waals surface area contributed by atoms with E-state index in [0.717, 1.165) is 12.1 Å². The highest BCUT2D eigenvalue weighted by molar-refractivity contribution is 5.84. The molecule has 2 aliphatic rings. The van der Waals surface area contributed by atoms with Gasteiger partial charge in [-0.1, -0.05) is 13.8 Å². The molecule has 154 valence electrons. The molecule has 28 heavy (non-hydrogen) atoms. The summed E-state index contributed by atoms with van der Waals surface area (Å²) in [6.45, 7) is 5.27. The summed E-state index contributed by atoms with van der Waals surface area (Å²) < 4.78 is 49.9. The van der Waals surface area contributed by atoms with Crippen LogP contribution in [-0.4, -0.2) is 29.6 Å². The van der Waals surface area contributed by atoms with Crippen molar-refractivity contribution in [1.82, 2.24) is 4.90 Å². The van der Waals surface area contributed by atoms with E-state index in [1.807, 2.05) is 13.8 Å². The number of hydrogen-bond acceptors (Lipinski definition) is 4. The molecule has 1 aliphatic heterocycles. The van der Waals surface area contributed by atoms with Crippen molar-refractivity contribution < 1.29 is 32.2 Å². The molecule has 1 aliphatic carbocycles. The van der Waals surface area contributed by atoms with Crippen LogP contribution in [0, 0.1) is 11.3 Å². The zero-order valence-corrected chi connectivity index (χ0v) is 16.1. The first kappa shape index (κ1) is 20.5. The van der Waals surface area contributed by atoms with Crippen LogP contribution in [0.1, 0.15) is 51.2 Å². The molecule has 1 heterocycles. The van der Waals surface area contributed by atoms with E-state index in [4.69, 9.17) is 9.47 Å². The number of nitrogens with zero attached hydrogens (tertiary/aromatic N) is 1. The Bertz CT molecular complexity index is 777. The van der Waals surface area contributed by atoms with Gasteiger partial charge in [-0.15, -0.1) is 0 Å². The SMILES string of the molecule is CC(=O)OC1CCC(C(=O)N2COc3ccc(C(F)(F)F)cc3C2)(C(C)C)C1. The summed E-state index contributed by atoms with van der Waals surface area (Å²) in [7, 11) is 0. The standard InChI is InChI=1S/C20H24F3NO4/c1-12(2)19(7-6-16(9-19)28-13(3)25)18(26)24-10-14-8-15(20(21,22)23)4-5-17(14)27-11-24/h4-5,8,12,16H,6-7,9-11H2,1-3H3. The van der Waals surface area contributed by atoms with Gasteiger partial charge in [-0.3, -0.25) is 9.59 Å². The smallest absolute Gasteiger partial charge is 0.416 e. The van der Waals surface area contributed by atoms with E-state index in [0.29, 0.717) is 30.6 Å². The lowest BCUT2D eigenvalue weighted by molar-refractivity contribution is -0.153. The predicted octanol–water partition coefficient (Wildman–Crippen LogP) is 4.14. The minimum atomic E-state index is -4.46. The fourth-order valence-corrected chi connectivity index (χ4v) is 4.19. The van der Waals surface area contributed by atoms with Gasteiger partial charge < -0.3 is 14.4 Å². The maximum Gasteiger partial charge on any atom is 0.416 e. The van der Waals surface area contributed by atoms with Crippen molar-refractivity contribution in [2.45, 2.75) is 58.9 Å². The lowest BCUT2D eigenvalue weighted by Gasteiger charge is -2.39. The van der Waals surface area contributed by atoms with Crippen LogP contribution in [0.3, 0.4) is 0 Å². The zero-order chi connectivity index (χ0) is 20.7. The number of alkyl halides is 3. The Morgan fingerprint density at radius 3 is 2.64 bits per heavy atom. The third kappa shape index (κ3) is 3.82. The van der Waals surface area contributed by atoms with Gasteiger partial charge in [-0.05, 0) is 43.4 Å². The van der Waals surface area contributed by atoms with Crippen molar-refractivity contribution in [2.75, 3.05) is 6.73 Å². The first-order valence-electron chi connectivity index (χ1n) is 9.32. The summed E-state index contributed by atoms with van der Waals surface area (Å²) in [6.07, 6.45) is -3.21. The molecule has 1 aromatic carbocycles. The fraction of sp³-hybridized carbons (Fsp3) is 0.600. The van der Waals surface area contributed by atoms with E-state index in [2.05, 4.69) is 0 Å². The van der Waals surface area contributed by atoms with Gasteiger partial charge in [0, 0.05) is 12.5 Å². The fourth-order valence-electron chi connectivity index (χ4n) is 4.19. The van der Waals surface area contributed by atoms with E-state index in [-0.39, 0.29) is 37.2 Å². The van der Waals surface area contributed by atoms with Crippen LogP contribution in [0.15, 0.2) is 18.2 Å². The van der Waals surface area contributed by atoms with Crippen molar-refractivity contribution in [1.29, 1.82) is 0 Å². The molecule has 1 saturated carbocycles. The lowest BCUT2D eigenvalue weighted by Crippen LogP contribution is -2.48. The number of esters is 1. The second-order valence-corrected chi connectivity index (χ2v) is 7.88. The molecule has 0 spiro atoms. The number of hydrogen-bond donors (Lipinski definition) is 0. The average Bonchev–Trinajstić information content (AvgIpc) is 3.03. The van der Waals surface area contributed by atoms with Crippen LogP contribution in [0.4, 0.5) is 13.2 Å². The molecule has 0 saturated heterocycles. The Hall–Kier alpha value is -2.25. The van der Waals surface area contributed by atoms with E-state index >= 15 is 0 Å². The molecule has 0 radical (unpaired) electrons. The summed E-state index contributed by atoms with van der Waals surface area (Å²) >= 11 is 0. The summed E-state index contributed by atoms with van der Waals surface area (Å²) in [5, 5.41) is 0. The summed E-state index contributed by atoms with van der Waals surface area (Å²) in [5.74, 6) is -0.199. The quantitative estimate of drug-likeness (QED) is 0.717. The van der Waals surface area contributed by atoms with Crippen LogP contribution in [0.2, 0.25) is 0 Å². The Morgan fingerprint density at radius 1 is 1.32 bits per heavy atom. The van der Waals surface area contributed by atoms with E-state index in [1.54, 1.807) is 0 Å². The van der Waals surface area contributed by atoms with Gasteiger partial charge in [0.2, 0.25) is 5.91 Å². The second-order valence-electron chi connectivity index (χ2n) is 7.88. The van der Waals surface area contributed by atoms with Crippen molar-refractivity contribution in [2.24, 2.45) is 11.3 Å². The van der Waals surface area contributed by atoms with Crippen LogP contribution < -0.4 is 4.74 Å². The highest BCUT2D eigenvalue weighted by Crippen LogP contribution is 2.47. The Morgan fingerprint density at radius 2 is 2.04 bits per heavy atom. The Labute approximate surface area is 161 Å². The molecule has 1 fully saturated rings. The van der Waals surface area contributed by atoms with Gasteiger partial charge in [0.25, 0.3) is 0 Å². The summed E-state index contributed by atoms with van der Waals surface area (Å²) in [6, 6.07) is 3.31. The largest absolute Gasteiger partial charge is 0.473 e. The highest BCUT2D eigenvalue weighted by Gasteiger charge is 2.50. The van der Waals surface area contributed by atoms with Crippen molar-refractivity contribution in [3.05, 3.63) is 29.3 Å².